The highest BCUT2D eigenvalue weighted by molar-refractivity contribution is 7.09. The first-order valence-electron chi connectivity index (χ1n) is 10.1. The fraction of sp³-hybridized carbons (Fsp3) is 0.318. The maximum absolute atomic E-state index is 13.7. The quantitative estimate of drug-likeness (QED) is 0.631. The predicted molar refractivity (Wildman–Crippen MR) is 117 cm³/mol. The second kappa shape index (κ2) is 9.77. The van der Waals surface area contributed by atoms with Crippen molar-refractivity contribution in [1.29, 1.82) is 0 Å². The van der Waals surface area contributed by atoms with Crippen LogP contribution in [-0.4, -0.2) is 59.4 Å². The molecule has 1 aliphatic rings. The normalized spacial score (nSPS) is 14.6. The number of piperazine rings is 1. The zero-order chi connectivity index (χ0) is 20.8. The minimum Gasteiger partial charge on any atom is -0.351 e. The van der Waals surface area contributed by atoms with Crippen molar-refractivity contribution in [2.24, 2.45) is 0 Å². The molecule has 1 fully saturated rings. The van der Waals surface area contributed by atoms with E-state index in [1.807, 2.05) is 18.2 Å². The predicted octanol–water partition coefficient (Wildman–Crippen LogP) is 2.82. The SMILES string of the molecule is O=C(NCCN1CCN(c2nc(Cc3ccccc3)ns2)CC1)c1ccccc1F. The Morgan fingerprint density at radius 2 is 1.77 bits per heavy atom. The molecule has 6 nitrogen and oxygen atoms in total. The lowest BCUT2D eigenvalue weighted by Gasteiger charge is -2.34. The largest absolute Gasteiger partial charge is 0.351 e. The van der Waals surface area contributed by atoms with Crippen LogP contribution >= 0.6 is 11.5 Å². The van der Waals surface area contributed by atoms with E-state index in [0.29, 0.717) is 6.54 Å². The summed E-state index contributed by atoms with van der Waals surface area (Å²) in [6.45, 7) is 4.77. The zero-order valence-corrected chi connectivity index (χ0v) is 17.4. The Bertz CT molecular complexity index is 972. The topological polar surface area (TPSA) is 61.4 Å². The van der Waals surface area contributed by atoms with Crippen molar-refractivity contribution in [3.8, 4) is 0 Å². The first kappa shape index (κ1) is 20.4. The van der Waals surface area contributed by atoms with Gasteiger partial charge in [0.1, 0.15) is 11.6 Å². The van der Waals surface area contributed by atoms with Crippen LogP contribution in [0.1, 0.15) is 21.7 Å². The van der Waals surface area contributed by atoms with Gasteiger partial charge >= 0.3 is 0 Å². The molecular weight excluding hydrogens is 401 g/mol. The fourth-order valence-corrected chi connectivity index (χ4v) is 4.19. The lowest BCUT2D eigenvalue weighted by Crippen LogP contribution is -2.48. The highest BCUT2D eigenvalue weighted by Gasteiger charge is 2.20. The van der Waals surface area contributed by atoms with Crippen LogP contribution in [-0.2, 0) is 6.42 Å². The molecule has 1 aliphatic heterocycles. The van der Waals surface area contributed by atoms with Crippen molar-refractivity contribution in [2.45, 2.75) is 6.42 Å². The Kier molecular flexibility index (Phi) is 6.66. The van der Waals surface area contributed by atoms with E-state index in [2.05, 4.69) is 31.6 Å². The summed E-state index contributed by atoms with van der Waals surface area (Å²) in [5, 5.41) is 3.77. The van der Waals surface area contributed by atoms with Crippen LogP contribution in [0.5, 0.6) is 0 Å². The standard InChI is InChI=1S/C22H24FN5OS/c23-19-9-5-4-8-18(19)21(29)24-10-11-27-12-14-28(15-13-27)22-25-20(26-30-22)16-17-6-2-1-3-7-17/h1-9H,10-16H2,(H,24,29). The minimum absolute atomic E-state index is 0.0879. The lowest BCUT2D eigenvalue weighted by atomic mass is 10.1. The van der Waals surface area contributed by atoms with Gasteiger partial charge < -0.3 is 10.2 Å². The van der Waals surface area contributed by atoms with Gasteiger partial charge in [0.15, 0.2) is 0 Å². The molecule has 0 aliphatic carbocycles. The number of benzene rings is 2. The molecule has 0 unspecified atom stereocenters. The van der Waals surface area contributed by atoms with Gasteiger partial charge in [-0.2, -0.15) is 4.37 Å². The molecule has 1 N–H and O–H groups in total. The van der Waals surface area contributed by atoms with E-state index in [1.165, 1.54) is 29.2 Å². The maximum atomic E-state index is 13.7. The van der Waals surface area contributed by atoms with Crippen LogP contribution in [0.3, 0.4) is 0 Å². The molecule has 0 radical (unpaired) electrons. The molecule has 2 aromatic carbocycles. The number of carbonyl (C=O) groups excluding carboxylic acids is 1. The average molecular weight is 426 g/mol. The molecule has 156 valence electrons. The molecule has 1 amide bonds. The molecule has 2 heterocycles. The molecule has 8 heteroatoms. The molecule has 3 aromatic rings. The number of hydrogen-bond acceptors (Lipinski definition) is 6. The summed E-state index contributed by atoms with van der Waals surface area (Å²) in [6, 6.07) is 16.3. The minimum atomic E-state index is -0.493. The Morgan fingerprint density at radius 3 is 2.53 bits per heavy atom. The van der Waals surface area contributed by atoms with Crippen LogP contribution in [0.25, 0.3) is 0 Å². The summed E-state index contributed by atoms with van der Waals surface area (Å²) in [5.74, 6) is -0.00154. The first-order chi connectivity index (χ1) is 14.7. The second-order valence-corrected chi connectivity index (χ2v) is 7.95. The molecule has 0 atom stereocenters. The van der Waals surface area contributed by atoms with Crippen LogP contribution in [0.2, 0.25) is 0 Å². The number of anilines is 1. The van der Waals surface area contributed by atoms with Crippen LogP contribution in [0.15, 0.2) is 54.6 Å². The van der Waals surface area contributed by atoms with Crippen molar-refractivity contribution in [2.75, 3.05) is 44.2 Å². The number of halogens is 1. The summed E-state index contributed by atoms with van der Waals surface area (Å²) in [6.07, 6.45) is 0.749. The summed E-state index contributed by atoms with van der Waals surface area (Å²) in [5.41, 5.74) is 1.30. The third-order valence-electron chi connectivity index (χ3n) is 5.14. The number of carbonyl (C=O) groups is 1. The van der Waals surface area contributed by atoms with Gasteiger partial charge in [-0.25, -0.2) is 9.37 Å². The Balaban J connectivity index is 1.21. The van der Waals surface area contributed by atoms with E-state index in [0.717, 1.165) is 50.1 Å². The van der Waals surface area contributed by atoms with Crippen molar-refractivity contribution in [1.82, 2.24) is 19.6 Å². The van der Waals surface area contributed by atoms with Gasteiger partial charge in [-0.1, -0.05) is 42.5 Å². The third kappa shape index (κ3) is 5.20. The smallest absolute Gasteiger partial charge is 0.254 e. The molecule has 1 aromatic heterocycles. The summed E-state index contributed by atoms with van der Waals surface area (Å²) >= 11 is 1.45. The highest BCUT2D eigenvalue weighted by Crippen LogP contribution is 2.20. The van der Waals surface area contributed by atoms with Crippen molar-refractivity contribution >= 4 is 22.6 Å². The van der Waals surface area contributed by atoms with Gasteiger partial charge in [-0.05, 0) is 17.7 Å². The number of nitrogens with zero attached hydrogens (tertiary/aromatic N) is 4. The zero-order valence-electron chi connectivity index (χ0n) is 16.6. The van der Waals surface area contributed by atoms with Crippen LogP contribution < -0.4 is 10.2 Å². The van der Waals surface area contributed by atoms with Crippen LogP contribution in [0, 0.1) is 5.82 Å². The Morgan fingerprint density at radius 1 is 1.03 bits per heavy atom. The van der Waals surface area contributed by atoms with Gasteiger partial charge in [0.05, 0.1) is 5.56 Å². The molecule has 4 rings (SSSR count). The number of hydrogen-bond donors (Lipinski definition) is 1. The number of rotatable bonds is 7. The van der Waals surface area contributed by atoms with Gasteiger partial charge in [0.2, 0.25) is 5.13 Å². The van der Waals surface area contributed by atoms with E-state index in [9.17, 15) is 9.18 Å². The van der Waals surface area contributed by atoms with E-state index < -0.39 is 5.82 Å². The van der Waals surface area contributed by atoms with Gasteiger partial charge in [0, 0.05) is 57.2 Å². The molecule has 0 bridgehead atoms. The van der Waals surface area contributed by atoms with Crippen LogP contribution in [0.4, 0.5) is 9.52 Å². The fourth-order valence-electron chi connectivity index (χ4n) is 3.45. The Labute approximate surface area is 179 Å². The highest BCUT2D eigenvalue weighted by atomic mass is 32.1. The number of nitrogens with one attached hydrogen (secondary N) is 1. The van der Waals surface area contributed by atoms with E-state index >= 15 is 0 Å². The van der Waals surface area contributed by atoms with E-state index in [-0.39, 0.29) is 11.5 Å². The van der Waals surface area contributed by atoms with E-state index in [1.54, 1.807) is 12.1 Å². The van der Waals surface area contributed by atoms with Gasteiger partial charge in [0.25, 0.3) is 5.91 Å². The average Bonchev–Trinajstić information content (AvgIpc) is 3.23. The summed E-state index contributed by atoms with van der Waals surface area (Å²) in [4.78, 5) is 21.3. The first-order valence-corrected chi connectivity index (χ1v) is 10.8. The number of amides is 1. The summed E-state index contributed by atoms with van der Waals surface area (Å²) < 4.78 is 18.2. The molecule has 0 saturated carbocycles. The van der Waals surface area contributed by atoms with Gasteiger partial charge in [-0.15, -0.1) is 0 Å². The monoisotopic (exact) mass is 425 g/mol. The van der Waals surface area contributed by atoms with E-state index in [4.69, 9.17) is 4.98 Å². The summed E-state index contributed by atoms with van der Waals surface area (Å²) in [7, 11) is 0. The lowest BCUT2D eigenvalue weighted by molar-refractivity contribution is 0.0943. The van der Waals surface area contributed by atoms with Gasteiger partial charge in [-0.3, -0.25) is 9.69 Å². The molecule has 1 saturated heterocycles. The second-order valence-electron chi connectivity index (χ2n) is 7.22. The Hall–Kier alpha value is -2.84. The van der Waals surface area contributed by atoms with Crippen molar-refractivity contribution in [3.63, 3.8) is 0 Å². The van der Waals surface area contributed by atoms with Crippen molar-refractivity contribution < 1.29 is 9.18 Å². The maximum Gasteiger partial charge on any atom is 0.254 e. The molecular formula is C22H24FN5OS. The molecule has 0 spiro atoms. The molecule has 30 heavy (non-hydrogen) atoms. The van der Waals surface area contributed by atoms with Crippen molar-refractivity contribution in [3.05, 3.63) is 77.4 Å². The number of aromatic nitrogens is 2. The third-order valence-corrected chi connectivity index (χ3v) is 5.95.